The molecule has 1 atom stereocenters. The van der Waals surface area contributed by atoms with Crippen molar-refractivity contribution in [3.63, 3.8) is 0 Å². The highest BCUT2D eigenvalue weighted by Crippen LogP contribution is 2.34. The number of hydrogen-bond acceptors (Lipinski definition) is 3. The van der Waals surface area contributed by atoms with Crippen LogP contribution in [0, 0.1) is 11.8 Å². The van der Waals surface area contributed by atoms with Crippen LogP contribution in [0.5, 0.6) is 0 Å². The first-order chi connectivity index (χ1) is 11.7. The molecule has 2 rings (SSSR count). The topological polar surface area (TPSA) is 39.4 Å². The number of methoxy groups -OCH3 is 1. The van der Waals surface area contributed by atoms with Gasteiger partial charge in [-0.15, -0.1) is 0 Å². The van der Waals surface area contributed by atoms with Crippen molar-refractivity contribution >= 4 is 16.9 Å². The highest BCUT2D eigenvalue weighted by molar-refractivity contribution is 5.88. The molecular weight excluding hydrogens is 300 g/mol. The minimum atomic E-state index is -0.391. The van der Waals surface area contributed by atoms with E-state index in [0.717, 1.165) is 48.6 Å². The number of rotatable bonds is 7. The van der Waals surface area contributed by atoms with Gasteiger partial charge in [0.25, 0.3) is 0 Å². The van der Waals surface area contributed by atoms with Crippen molar-refractivity contribution in [2.45, 2.75) is 58.3 Å². The van der Waals surface area contributed by atoms with Crippen LogP contribution in [0.25, 0.3) is 11.0 Å². The molecule has 1 heterocycles. The summed E-state index contributed by atoms with van der Waals surface area (Å²) in [7, 11) is 1.43. The van der Waals surface area contributed by atoms with Crippen LogP contribution in [0.2, 0.25) is 0 Å². The number of unbranched alkanes of at least 4 members (excludes halogenated alkanes) is 3. The van der Waals surface area contributed by atoms with Gasteiger partial charge in [-0.3, -0.25) is 4.79 Å². The van der Waals surface area contributed by atoms with E-state index in [1.54, 1.807) is 0 Å². The van der Waals surface area contributed by atoms with E-state index in [2.05, 4.69) is 25.7 Å². The van der Waals surface area contributed by atoms with Crippen LogP contribution in [-0.4, -0.2) is 13.1 Å². The number of ether oxygens (including phenoxy) is 1. The minimum absolute atomic E-state index is 0.251. The normalized spacial score (nSPS) is 11.8. The molecule has 0 aliphatic rings. The number of fused-ring (bicyclic) bond motifs is 1. The van der Waals surface area contributed by atoms with Crippen LogP contribution in [0.3, 0.4) is 0 Å². The number of hydrogen-bond donors (Lipinski definition) is 0. The standard InChI is InChI=1S/C21H26O3/c1-4-6-8-9-14-17-16-13-10-11-15-19(16)24-20(17)18(12-7-5-2)21(22)23-3/h10-11,13,15,18H,4-8,12H2,1-3H3. The van der Waals surface area contributed by atoms with Crippen molar-refractivity contribution in [1.82, 2.24) is 0 Å². The number of benzene rings is 1. The third-order valence-electron chi connectivity index (χ3n) is 4.14. The van der Waals surface area contributed by atoms with E-state index in [-0.39, 0.29) is 5.97 Å². The molecule has 3 nitrogen and oxygen atoms in total. The Balaban J connectivity index is 2.48. The van der Waals surface area contributed by atoms with Gasteiger partial charge in [0.15, 0.2) is 0 Å². The van der Waals surface area contributed by atoms with Crippen LogP contribution in [0.15, 0.2) is 28.7 Å². The number of carbonyl (C=O) groups is 1. The van der Waals surface area contributed by atoms with E-state index >= 15 is 0 Å². The number of carbonyl (C=O) groups excluding carboxylic acids is 1. The van der Waals surface area contributed by atoms with Gasteiger partial charge in [0.1, 0.15) is 17.3 Å². The summed E-state index contributed by atoms with van der Waals surface area (Å²) in [6.07, 6.45) is 5.73. The summed E-state index contributed by atoms with van der Waals surface area (Å²) in [4.78, 5) is 12.3. The van der Waals surface area contributed by atoms with Gasteiger partial charge in [0.05, 0.1) is 12.7 Å². The summed E-state index contributed by atoms with van der Waals surface area (Å²) in [6.45, 7) is 4.26. The fourth-order valence-electron chi connectivity index (χ4n) is 2.76. The van der Waals surface area contributed by atoms with Crippen LogP contribution in [0.4, 0.5) is 0 Å². The van der Waals surface area contributed by atoms with Gasteiger partial charge in [-0.05, 0) is 25.0 Å². The lowest BCUT2D eigenvalue weighted by Crippen LogP contribution is -2.14. The van der Waals surface area contributed by atoms with Gasteiger partial charge in [-0.1, -0.05) is 57.1 Å². The molecule has 128 valence electrons. The molecule has 0 radical (unpaired) electrons. The lowest BCUT2D eigenvalue weighted by Gasteiger charge is -2.12. The Hall–Kier alpha value is -2.21. The molecule has 0 aliphatic heterocycles. The molecule has 0 aliphatic carbocycles. The number of para-hydroxylation sites is 1. The van der Waals surface area contributed by atoms with E-state index in [1.807, 2.05) is 24.3 Å². The predicted octanol–water partition coefficient (Wildman–Crippen LogP) is 5.42. The Kier molecular flexibility index (Phi) is 6.93. The van der Waals surface area contributed by atoms with Crippen molar-refractivity contribution in [1.29, 1.82) is 0 Å². The first kappa shape index (κ1) is 18.1. The molecule has 3 heteroatoms. The number of furan rings is 1. The SMILES string of the molecule is CCCCC#Cc1c(C(CCCC)C(=O)OC)oc2ccccc12. The molecule has 0 spiro atoms. The molecule has 0 saturated heterocycles. The fraction of sp³-hybridized carbons (Fsp3) is 0.476. The van der Waals surface area contributed by atoms with Crippen molar-refractivity contribution in [2.24, 2.45) is 0 Å². The van der Waals surface area contributed by atoms with E-state index in [9.17, 15) is 4.79 Å². The summed E-state index contributed by atoms with van der Waals surface area (Å²) < 4.78 is 11.0. The molecule has 1 unspecified atom stereocenters. The second kappa shape index (κ2) is 9.17. The highest BCUT2D eigenvalue weighted by atomic mass is 16.5. The van der Waals surface area contributed by atoms with Crippen LogP contribution < -0.4 is 0 Å². The zero-order chi connectivity index (χ0) is 17.4. The second-order valence-corrected chi connectivity index (χ2v) is 5.96. The lowest BCUT2D eigenvalue weighted by molar-refractivity contribution is -0.143. The van der Waals surface area contributed by atoms with E-state index in [4.69, 9.17) is 9.15 Å². The average molecular weight is 326 g/mol. The van der Waals surface area contributed by atoms with Crippen molar-refractivity contribution < 1.29 is 13.9 Å². The van der Waals surface area contributed by atoms with Gasteiger partial charge in [0.2, 0.25) is 0 Å². The van der Waals surface area contributed by atoms with Crippen molar-refractivity contribution in [2.75, 3.05) is 7.11 Å². The maximum Gasteiger partial charge on any atom is 0.316 e. The monoisotopic (exact) mass is 326 g/mol. The maximum absolute atomic E-state index is 12.3. The molecule has 0 fully saturated rings. The zero-order valence-electron chi connectivity index (χ0n) is 14.9. The summed E-state index contributed by atoms with van der Waals surface area (Å²) in [6, 6.07) is 7.83. The Labute approximate surface area is 144 Å². The third-order valence-corrected chi connectivity index (χ3v) is 4.14. The molecule has 0 saturated carbocycles. The molecule has 24 heavy (non-hydrogen) atoms. The quantitative estimate of drug-likeness (QED) is 0.387. The molecule has 0 N–H and O–H groups in total. The summed E-state index contributed by atoms with van der Waals surface area (Å²) in [5, 5.41) is 0.974. The van der Waals surface area contributed by atoms with Crippen molar-refractivity contribution in [3.05, 3.63) is 35.6 Å². The van der Waals surface area contributed by atoms with Crippen LogP contribution >= 0.6 is 0 Å². The lowest BCUT2D eigenvalue weighted by atomic mass is 9.95. The molecular formula is C21H26O3. The Morgan fingerprint density at radius 3 is 2.67 bits per heavy atom. The van der Waals surface area contributed by atoms with Crippen LogP contribution in [-0.2, 0) is 9.53 Å². The van der Waals surface area contributed by atoms with Gasteiger partial charge < -0.3 is 9.15 Å². The molecule has 1 aromatic heterocycles. The van der Waals surface area contributed by atoms with E-state index in [0.29, 0.717) is 12.2 Å². The van der Waals surface area contributed by atoms with Gasteiger partial charge in [-0.2, -0.15) is 0 Å². The molecule has 0 amide bonds. The Morgan fingerprint density at radius 2 is 1.96 bits per heavy atom. The Morgan fingerprint density at radius 1 is 1.21 bits per heavy atom. The van der Waals surface area contributed by atoms with Crippen molar-refractivity contribution in [3.8, 4) is 11.8 Å². The fourth-order valence-corrected chi connectivity index (χ4v) is 2.76. The Bertz CT molecular complexity index is 730. The zero-order valence-corrected chi connectivity index (χ0v) is 14.9. The first-order valence-electron chi connectivity index (χ1n) is 8.81. The van der Waals surface area contributed by atoms with E-state index in [1.165, 1.54) is 7.11 Å². The minimum Gasteiger partial charge on any atom is -0.468 e. The van der Waals surface area contributed by atoms with E-state index < -0.39 is 5.92 Å². The predicted molar refractivity (Wildman–Crippen MR) is 96.9 cm³/mol. The third kappa shape index (κ3) is 4.20. The van der Waals surface area contributed by atoms with Gasteiger partial charge in [-0.25, -0.2) is 0 Å². The summed E-state index contributed by atoms with van der Waals surface area (Å²) in [5.74, 6) is 6.49. The van der Waals surface area contributed by atoms with Gasteiger partial charge in [0, 0.05) is 11.8 Å². The maximum atomic E-state index is 12.3. The second-order valence-electron chi connectivity index (χ2n) is 5.96. The highest BCUT2D eigenvalue weighted by Gasteiger charge is 2.28. The van der Waals surface area contributed by atoms with Gasteiger partial charge >= 0.3 is 5.97 Å². The first-order valence-corrected chi connectivity index (χ1v) is 8.81. The molecule has 1 aromatic carbocycles. The summed E-state index contributed by atoms with van der Waals surface area (Å²) >= 11 is 0. The molecule has 2 aromatic rings. The van der Waals surface area contributed by atoms with Crippen LogP contribution in [0.1, 0.15) is 69.6 Å². The molecule has 0 bridgehead atoms. The summed E-state index contributed by atoms with van der Waals surface area (Å²) in [5.41, 5.74) is 1.62. The number of esters is 1. The smallest absolute Gasteiger partial charge is 0.316 e. The average Bonchev–Trinajstić information content (AvgIpc) is 2.97. The largest absolute Gasteiger partial charge is 0.468 e.